The zero-order valence-electron chi connectivity index (χ0n) is 10.5. The number of rotatable bonds is 12. The molecule has 2 heteroatoms. The lowest BCUT2D eigenvalue weighted by Gasteiger charge is -2.05. The monoisotopic (exact) mass is 225 g/mol. The van der Waals surface area contributed by atoms with Gasteiger partial charge in [0.15, 0.2) is 0 Å². The summed E-state index contributed by atoms with van der Waals surface area (Å²) in [5.41, 5.74) is 0. The summed E-state index contributed by atoms with van der Waals surface area (Å²) < 4.78 is 0. The molecule has 0 heterocycles. The third-order valence-electron chi connectivity index (χ3n) is 2.95. The van der Waals surface area contributed by atoms with Crippen LogP contribution in [0.1, 0.15) is 71.1 Å². The molecule has 0 saturated carbocycles. The molecule has 0 fully saturated rings. The van der Waals surface area contributed by atoms with E-state index in [1.54, 1.807) is 0 Å². The van der Waals surface area contributed by atoms with Crippen molar-refractivity contribution in [1.29, 1.82) is 0 Å². The van der Waals surface area contributed by atoms with Gasteiger partial charge in [-0.25, -0.2) is 0 Å². The van der Waals surface area contributed by atoms with E-state index in [0.717, 1.165) is 19.1 Å². The molecule has 16 heavy (non-hydrogen) atoms. The Morgan fingerprint density at radius 2 is 1.56 bits per heavy atom. The summed E-state index contributed by atoms with van der Waals surface area (Å²) in [5.74, 6) is -0.155. The van der Waals surface area contributed by atoms with Gasteiger partial charge in [-0.05, 0) is 6.42 Å². The van der Waals surface area contributed by atoms with Crippen LogP contribution in [0.25, 0.3) is 0 Å². The second-order valence-corrected chi connectivity index (χ2v) is 4.48. The molecule has 0 aromatic carbocycles. The van der Waals surface area contributed by atoms with Crippen LogP contribution >= 0.6 is 0 Å². The molecule has 0 aromatic heterocycles. The summed E-state index contributed by atoms with van der Waals surface area (Å²) in [7, 11) is 0. The minimum absolute atomic E-state index is 0.155. The lowest BCUT2D eigenvalue weighted by atomic mass is 9.99. The summed E-state index contributed by atoms with van der Waals surface area (Å²) in [5, 5.41) is 0. The van der Waals surface area contributed by atoms with E-state index in [-0.39, 0.29) is 5.92 Å². The first-order valence-corrected chi connectivity index (χ1v) is 6.66. The molecule has 93 valence electrons. The highest BCUT2D eigenvalue weighted by Crippen LogP contribution is 2.13. The summed E-state index contributed by atoms with van der Waals surface area (Å²) >= 11 is 0. The second-order valence-electron chi connectivity index (χ2n) is 4.48. The molecule has 0 aromatic rings. The molecule has 2 nitrogen and oxygen atoms in total. The number of hydrogen-bond donors (Lipinski definition) is 0. The highest BCUT2D eigenvalue weighted by molar-refractivity contribution is 5.62. The predicted molar refractivity (Wildman–Crippen MR) is 67.1 cm³/mol. The van der Waals surface area contributed by atoms with Gasteiger partial charge >= 0.3 is 0 Å². The van der Waals surface area contributed by atoms with E-state index in [1.807, 2.05) is 6.29 Å². The molecule has 0 rings (SSSR count). The molecule has 0 bridgehead atoms. The van der Waals surface area contributed by atoms with Crippen molar-refractivity contribution < 1.29 is 9.59 Å². The van der Waals surface area contributed by atoms with Crippen LogP contribution in [0.4, 0.5) is 0 Å². The Morgan fingerprint density at radius 1 is 1.00 bits per heavy atom. The highest BCUT2D eigenvalue weighted by atomic mass is 16.1. The van der Waals surface area contributed by atoms with Crippen molar-refractivity contribution in [1.82, 2.24) is 0 Å². The third-order valence-corrected chi connectivity index (χ3v) is 2.95. The maximum atomic E-state index is 10.4. The molecule has 0 aliphatic heterocycles. The van der Waals surface area contributed by atoms with Crippen LogP contribution < -0.4 is 0 Å². The van der Waals surface area contributed by atoms with E-state index >= 15 is 0 Å². The highest BCUT2D eigenvalue weighted by Gasteiger charge is 2.06. The first kappa shape index (κ1) is 15.3. The van der Waals surface area contributed by atoms with Crippen LogP contribution in [-0.2, 0) is 9.59 Å². The molecule has 0 spiro atoms. The van der Waals surface area contributed by atoms with E-state index in [1.165, 1.54) is 44.9 Å². The van der Waals surface area contributed by atoms with Gasteiger partial charge in [0.05, 0.1) is 0 Å². The van der Waals surface area contributed by atoms with Gasteiger partial charge in [-0.15, -0.1) is 0 Å². The number of aldehydes is 1. The quantitative estimate of drug-likeness (QED) is 0.373. The smallest absolute Gasteiger partial charge is 0.202 e. The Bertz CT molecular complexity index is 166. The molecule has 1 atom stereocenters. The minimum atomic E-state index is -0.155. The van der Waals surface area contributed by atoms with Gasteiger partial charge in [-0.1, -0.05) is 58.3 Å². The minimum Gasteiger partial charge on any atom is -0.303 e. The molecule has 0 amide bonds. The number of unbranched alkanes of at least 4 members (excludes halogenated alkanes) is 7. The van der Waals surface area contributed by atoms with Gasteiger partial charge in [0, 0.05) is 12.3 Å². The summed E-state index contributed by atoms with van der Waals surface area (Å²) in [6, 6.07) is 0. The Kier molecular flexibility index (Phi) is 11.9. The number of hydrogen-bond acceptors (Lipinski definition) is 2. The normalized spacial score (nSPS) is 12.3. The second kappa shape index (κ2) is 12.4. The van der Waals surface area contributed by atoms with Crippen molar-refractivity contribution in [2.45, 2.75) is 71.1 Å². The molecule has 0 N–H and O–H groups in total. The topological polar surface area (TPSA) is 34.1 Å². The lowest BCUT2D eigenvalue weighted by molar-refractivity contribution is -0.108. The molecule has 1 unspecified atom stereocenters. The lowest BCUT2D eigenvalue weighted by Crippen LogP contribution is -2.02. The third kappa shape index (κ3) is 9.88. The molecule has 0 aliphatic rings. The maximum absolute atomic E-state index is 10.4. The molecular formula is C14H25O2. The van der Waals surface area contributed by atoms with Crippen molar-refractivity contribution in [3.8, 4) is 0 Å². The van der Waals surface area contributed by atoms with Crippen molar-refractivity contribution in [3.05, 3.63) is 0 Å². The maximum Gasteiger partial charge on any atom is 0.202 e. The zero-order chi connectivity index (χ0) is 12.1. The predicted octanol–water partition coefficient (Wildman–Crippen LogP) is 3.83. The Balaban J connectivity index is 3.18. The largest absolute Gasteiger partial charge is 0.303 e. The summed E-state index contributed by atoms with van der Waals surface area (Å²) in [6.07, 6.45) is 14.1. The average molecular weight is 225 g/mol. The average Bonchev–Trinajstić information content (AvgIpc) is 2.31. The van der Waals surface area contributed by atoms with Crippen LogP contribution in [-0.4, -0.2) is 12.6 Å². The van der Waals surface area contributed by atoms with Crippen LogP contribution in [0.3, 0.4) is 0 Å². The van der Waals surface area contributed by atoms with E-state index in [2.05, 4.69) is 6.92 Å². The molecule has 0 aliphatic carbocycles. The summed E-state index contributed by atoms with van der Waals surface area (Å²) in [4.78, 5) is 20.7. The molecular weight excluding hydrogens is 200 g/mol. The van der Waals surface area contributed by atoms with E-state index in [0.29, 0.717) is 6.42 Å². The van der Waals surface area contributed by atoms with E-state index < -0.39 is 0 Å². The first-order valence-electron chi connectivity index (χ1n) is 6.66. The van der Waals surface area contributed by atoms with Crippen LogP contribution in [0.2, 0.25) is 0 Å². The van der Waals surface area contributed by atoms with Crippen molar-refractivity contribution >= 4 is 12.6 Å². The van der Waals surface area contributed by atoms with Crippen LogP contribution in [0, 0.1) is 5.92 Å². The first-order chi connectivity index (χ1) is 7.85. The Hall–Kier alpha value is -0.660. The van der Waals surface area contributed by atoms with Gasteiger partial charge in [-0.3, -0.25) is 4.79 Å². The Morgan fingerprint density at radius 3 is 2.06 bits per heavy atom. The standard InChI is InChI=1S/C14H25O2/c1-2-3-4-5-6-7-8-9-10-14(13-16)11-12-15/h12,14H,2-11H2,1H3. The fourth-order valence-electron chi connectivity index (χ4n) is 1.87. The van der Waals surface area contributed by atoms with Gasteiger partial charge in [0.2, 0.25) is 6.29 Å². The SMILES string of the molecule is CCCCCCCCCCC([C]=O)CC=O. The molecule has 0 saturated heterocycles. The fourth-order valence-corrected chi connectivity index (χ4v) is 1.87. The van der Waals surface area contributed by atoms with Crippen molar-refractivity contribution in [2.24, 2.45) is 5.92 Å². The Labute approximate surface area is 99.8 Å². The van der Waals surface area contributed by atoms with Crippen LogP contribution in [0.15, 0.2) is 0 Å². The summed E-state index contributed by atoms with van der Waals surface area (Å²) in [6.45, 7) is 2.23. The molecule has 1 radical (unpaired) electrons. The zero-order valence-corrected chi connectivity index (χ0v) is 10.5. The van der Waals surface area contributed by atoms with Gasteiger partial charge < -0.3 is 4.79 Å². The van der Waals surface area contributed by atoms with Gasteiger partial charge in [-0.2, -0.15) is 0 Å². The fraction of sp³-hybridized carbons (Fsp3) is 0.857. The van der Waals surface area contributed by atoms with Gasteiger partial charge in [0.1, 0.15) is 6.29 Å². The van der Waals surface area contributed by atoms with E-state index in [9.17, 15) is 9.59 Å². The van der Waals surface area contributed by atoms with Crippen molar-refractivity contribution in [3.63, 3.8) is 0 Å². The number of carbonyl (C=O) groups is 1. The van der Waals surface area contributed by atoms with Gasteiger partial charge in [0.25, 0.3) is 0 Å². The van der Waals surface area contributed by atoms with Crippen LogP contribution in [0.5, 0.6) is 0 Å². The van der Waals surface area contributed by atoms with E-state index in [4.69, 9.17) is 0 Å². The number of carbonyl (C=O) groups excluding carboxylic acids is 2. The van der Waals surface area contributed by atoms with Crippen molar-refractivity contribution in [2.75, 3.05) is 0 Å².